The first kappa shape index (κ1) is 14.8. The van der Waals surface area contributed by atoms with E-state index < -0.39 is 11.2 Å². The molecular weight excluding hydrogens is 335 g/mol. The van der Waals surface area contributed by atoms with Crippen molar-refractivity contribution in [1.29, 1.82) is 0 Å². The molecule has 2 aromatic carbocycles. The van der Waals surface area contributed by atoms with Crippen molar-refractivity contribution in [3.8, 4) is 5.69 Å². The number of rotatable bonds is 1. The fourth-order valence-corrected chi connectivity index (χ4v) is 3.83. The third-order valence-corrected chi connectivity index (χ3v) is 4.99. The monoisotopic (exact) mass is 348 g/mol. The van der Waals surface area contributed by atoms with Gasteiger partial charge in [0.2, 0.25) is 11.8 Å². The fourth-order valence-electron chi connectivity index (χ4n) is 3.83. The second kappa shape index (κ2) is 5.01. The van der Waals surface area contributed by atoms with Gasteiger partial charge in [0.05, 0.1) is 11.9 Å². The van der Waals surface area contributed by atoms with E-state index >= 15 is 0 Å². The van der Waals surface area contributed by atoms with Gasteiger partial charge in [-0.1, -0.05) is 18.2 Å². The van der Waals surface area contributed by atoms with Crippen LogP contribution in [0.3, 0.4) is 0 Å². The van der Waals surface area contributed by atoms with Crippen LogP contribution in [0.5, 0.6) is 0 Å². The van der Waals surface area contributed by atoms with Crippen LogP contribution in [0.1, 0.15) is 17.5 Å². The number of para-hydroxylation sites is 1. The van der Waals surface area contributed by atoms with Gasteiger partial charge in [0.15, 0.2) is 0 Å². The maximum atomic E-state index is 13.9. The van der Waals surface area contributed by atoms with Gasteiger partial charge in [0.25, 0.3) is 0 Å². The van der Waals surface area contributed by atoms with E-state index in [2.05, 4.69) is 15.7 Å². The molecule has 1 unspecified atom stereocenters. The number of carbonyl (C=O) groups is 2. The highest BCUT2D eigenvalue weighted by Crippen LogP contribution is 2.50. The molecule has 26 heavy (non-hydrogen) atoms. The van der Waals surface area contributed by atoms with E-state index in [0.717, 1.165) is 5.69 Å². The predicted octanol–water partition coefficient (Wildman–Crippen LogP) is 2.59. The van der Waals surface area contributed by atoms with Crippen LogP contribution in [-0.4, -0.2) is 21.6 Å². The number of anilines is 2. The summed E-state index contributed by atoms with van der Waals surface area (Å²) >= 11 is 0. The predicted molar refractivity (Wildman–Crippen MR) is 92.6 cm³/mol. The average molecular weight is 348 g/mol. The normalized spacial score (nSPS) is 20.5. The van der Waals surface area contributed by atoms with Gasteiger partial charge in [0.1, 0.15) is 17.1 Å². The number of nitrogens with zero attached hydrogens (tertiary/aromatic N) is 2. The van der Waals surface area contributed by atoms with Crippen LogP contribution in [0, 0.1) is 5.82 Å². The van der Waals surface area contributed by atoms with Gasteiger partial charge < -0.3 is 10.6 Å². The Morgan fingerprint density at radius 1 is 1.04 bits per heavy atom. The van der Waals surface area contributed by atoms with Crippen LogP contribution in [0.2, 0.25) is 0 Å². The second-order valence-corrected chi connectivity index (χ2v) is 6.43. The van der Waals surface area contributed by atoms with Crippen LogP contribution in [0.25, 0.3) is 5.69 Å². The van der Waals surface area contributed by atoms with Crippen molar-refractivity contribution in [2.45, 2.75) is 11.8 Å². The summed E-state index contributed by atoms with van der Waals surface area (Å²) in [7, 11) is 0. The first-order chi connectivity index (χ1) is 12.6. The van der Waals surface area contributed by atoms with E-state index in [-0.39, 0.29) is 18.2 Å². The number of hydrogen-bond acceptors (Lipinski definition) is 3. The molecule has 2 aliphatic rings. The molecule has 0 saturated carbocycles. The van der Waals surface area contributed by atoms with Gasteiger partial charge in [-0.25, -0.2) is 9.07 Å². The van der Waals surface area contributed by atoms with Gasteiger partial charge in [-0.2, -0.15) is 5.10 Å². The zero-order valence-corrected chi connectivity index (χ0v) is 13.5. The van der Waals surface area contributed by atoms with Gasteiger partial charge in [-0.15, -0.1) is 0 Å². The number of halogens is 1. The zero-order valence-electron chi connectivity index (χ0n) is 13.5. The first-order valence-corrected chi connectivity index (χ1v) is 8.15. The number of nitrogens with one attached hydrogen (secondary N) is 2. The summed E-state index contributed by atoms with van der Waals surface area (Å²) in [6.07, 6.45) is 1.48. The number of benzene rings is 2. The van der Waals surface area contributed by atoms with Crippen LogP contribution < -0.4 is 10.6 Å². The van der Waals surface area contributed by atoms with Crippen LogP contribution in [0.4, 0.5) is 15.9 Å². The van der Waals surface area contributed by atoms with E-state index in [1.165, 1.54) is 18.2 Å². The SMILES string of the molecule is O=C1CC2(C(=O)Nc3ccc(F)cc32)c2cnn(-c3ccccc3)c2N1. The Balaban J connectivity index is 1.78. The highest BCUT2D eigenvalue weighted by Gasteiger charge is 2.54. The Labute approximate surface area is 147 Å². The molecule has 3 heterocycles. The van der Waals surface area contributed by atoms with E-state index in [9.17, 15) is 14.0 Å². The van der Waals surface area contributed by atoms with Crippen molar-refractivity contribution >= 4 is 23.3 Å². The lowest BCUT2D eigenvalue weighted by molar-refractivity contribution is -0.125. The quantitative estimate of drug-likeness (QED) is 0.710. The topological polar surface area (TPSA) is 76.0 Å². The van der Waals surface area contributed by atoms with Crippen molar-refractivity contribution in [3.63, 3.8) is 0 Å². The van der Waals surface area contributed by atoms with Crippen LogP contribution in [0.15, 0.2) is 54.7 Å². The third kappa shape index (κ3) is 1.82. The summed E-state index contributed by atoms with van der Waals surface area (Å²) in [6.45, 7) is 0. The maximum absolute atomic E-state index is 13.9. The maximum Gasteiger partial charge on any atom is 0.240 e. The molecule has 2 N–H and O–H groups in total. The largest absolute Gasteiger partial charge is 0.325 e. The minimum absolute atomic E-state index is 0.0945. The summed E-state index contributed by atoms with van der Waals surface area (Å²) in [5.74, 6) is -0.688. The van der Waals surface area contributed by atoms with E-state index in [4.69, 9.17) is 0 Å². The smallest absolute Gasteiger partial charge is 0.240 e. The second-order valence-electron chi connectivity index (χ2n) is 6.43. The molecule has 0 radical (unpaired) electrons. The highest BCUT2D eigenvalue weighted by atomic mass is 19.1. The van der Waals surface area contributed by atoms with Crippen molar-refractivity contribution in [2.24, 2.45) is 0 Å². The minimum Gasteiger partial charge on any atom is -0.325 e. The molecule has 3 aromatic rings. The summed E-state index contributed by atoms with van der Waals surface area (Å²) in [4.78, 5) is 25.4. The number of amides is 2. The molecule has 2 aliphatic heterocycles. The molecular formula is C19H13FN4O2. The third-order valence-electron chi connectivity index (χ3n) is 4.99. The Hall–Kier alpha value is -3.48. The van der Waals surface area contributed by atoms with Crippen molar-refractivity contribution in [1.82, 2.24) is 9.78 Å². The van der Waals surface area contributed by atoms with Gasteiger partial charge in [-0.3, -0.25) is 9.59 Å². The highest BCUT2D eigenvalue weighted by molar-refractivity contribution is 6.14. The van der Waals surface area contributed by atoms with Crippen molar-refractivity contribution in [2.75, 3.05) is 10.6 Å². The Morgan fingerprint density at radius 2 is 1.85 bits per heavy atom. The van der Waals surface area contributed by atoms with Gasteiger partial charge >= 0.3 is 0 Å². The molecule has 5 rings (SSSR count). The molecule has 0 fully saturated rings. The Kier molecular flexibility index (Phi) is 2.86. The lowest BCUT2D eigenvalue weighted by Gasteiger charge is -2.31. The molecule has 0 bridgehead atoms. The zero-order chi connectivity index (χ0) is 17.9. The van der Waals surface area contributed by atoms with Gasteiger partial charge in [0, 0.05) is 17.7 Å². The number of fused-ring (bicyclic) bond motifs is 4. The Bertz CT molecular complexity index is 1080. The molecule has 7 heteroatoms. The first-order valence-electron chi connectivity index (χ1n) is 8.15. The van der Waals surface area contributed by atoms with E-state index in [1.807, 2.05) is 30.3 Å². The van der Waals surface area contributed by atoms with Gasteiger partial charge in [-0.05, 0) is 35.9 Å². The standard InChI is InChI=1S/C19H13FN4O2/c20-11-6-7-15-13(8-11)19(18(26)22-15)9-16(25)23-17-14(19)10-21-24(17)12-4-2-1-3-5-12/h1-8,10H,9H2,(H,22,26)(H,23,25). The lowest BCUT2D eigenvalue weighted by Crippen LogP contribution is -2.43. The summed E-state index contributed by atoms with van der Waals surface area (Å²) in [6, 6.07) is 13.4. The minimum atomic E-state index is -1.28. The molecule has 0 aliphatic carbocycles. The van der Waals surface area contributed by atoms with Crippen molar-refractivity contribution in [3.05, 3.63) is 71.7 Å². The Morgan fingerprint density at radius 3 is 2.65 bits per heavy atom. The molecule has 1 aromatic heterocycles. The van der Waals surface area contributed by atoms with Crippen molar-refractivity contribution < 1.29 is 14.0 Å². The molecule has 6 nitrogen and oxygen atoms in total. The molecule has 1 spiro atoms. The molecule has 2 amide bonds. The van der Waals surface area contributed by atoms with E-state index in [1.54, 1.807) is 10.9 Å². The lowest BCUT2D eigenvalue weighted by atomic mass is 9.72. The summed E-state index contributed by atoms with van der Waals surface area (Å²) in [5, 5.41) is 9.96. The number of aromatic nitrogens is 2. The molecule has 0 saturated heterocycles. The molecule has 128 valence electrons. The summed E-state index contributed by atoms with van der Waals surface area (Å²) in [5.41, 5.74) is 1.02. The number of hydrogen-bond donors (Lipinski definition) is 2. The van der Waals surface area contributed by atoms with E-state index in [0.29, 0.717) is 22.6 Å². The fraction of sp³-hybridized carbons (Fsp3) is 0.105. The molecule has 1 atom stereocenters. The van der Waals surface area contributed by atoms with Crippen LogP contribution in [-0.2, 0) is 15.0 Å². The van der Waals surface area contributed by atoms with Crippen LogP contribution >= 0.6 is 0 Å². The average Bonchev–Trinajstić information content (AvgIpc) is 3.17. The summed E-state index contributed by atoms with van der Waals surface area (Å²) < 4.78 is 15.5. The number of carbonyl (C=O) groups excluding carboxylic acids is 2.